The fourth-order valence-electron chi connectivity index (χ4n) is 3.38. The van der Waals surface area contributed by atoms with Gasteiger partial charge in [-0.15, -0.1) is 16.4 Å². The molecule has 4 aromatic rings. The van der Waals surface area contributed by atoms with Crippen molar-refractivity contribution in [3.05, 3.63) is 53.4 Å². The summed E-state index contributed by atoms with van der Waals surface area (Å²) in [6.07, 6.45) is 0.579. The van der Waals surface area contributed by atoms with E-state index >= 15 is 0 Å². The highest BCUT2D eigenvalue weighted by atomic mass is 32.2. The summed E-state index contributed by atoms with van der Waals surface area (Å²) in [7, 11) is -3.77. The van der Waals surface area contributed by atoms with Crippen LogP contribution < -0.4 is 15.8 Å². The third-order valence-corrected chi connectivity index (χ3v) is 7.01. The zero-order valence-electron chi connectivity index (χ0n) is 16.8. The molecular formula is C20H16N6O5S2. The van der Waals surface area contributed by atoms with Crippen molar-refractivity contribution >= 4 is 49.3 Å². The molecule has 0 bridgehead atoms. The van der Waals surface area contributed by atoms with Crippen molar-refractivity contribution in [2.75, 3.05) is 11.9 Å². The van der Waals surface area contributed by atoms with E-state index in [1.165, 1.54) is 23.5 Å². The molecule has 0 unspecified atom stereocenters. The summed E-state index contributed by atoms with van der Waals surface area (Å²) in [5, 5.41) is 18.4. The Hall–Kier alpha value is -3.68. The third-order valence-electron chi connectivity index (χ3n) is 5.06. The molecule has 1 amide bonds. The van der Waals surface area contributed by atoms with E-state index in [4.69, 9.17) is 9.56 Å². The summed E-state index contributed by atoms with van der Waals surface area (Å²) in [6.45, 7) is 0.556. The van der Waals surface area contributed by atoms with Gasteiger partial charge in [0.1, 0.15) is 6.04 Å². The van der Waals surface area contributed by atoms with Gasteiger partial charge in [0, 0.05) is 6.54 Å². The van der Waals surface area contributed by atoms with Crippen LogP contribution in [0.3, 0.4) is 0 Å². The molecule has 1 saturated heterocycles. The number of rotatable bonds is 6. The number of sulfonamides is 1. The lowest BCUT2D eigenvalue weighted by Crippen LogP contribution is -2.29. The van der Waals surface area contributed by atoms with Crippen LogP contribution in [0, 0.1) is 0 Å². The monoisotopic (exact) mass is 484 g/mol. The van der Waals surface area contributed by atoms with E-state index in [2.05, 4.69) is 25.8 Å². The first-order valence-corrected chi connectivity index (χ1v) is 12.1. The number of hydrogen-bond acceptors (Lipinski definition) is 10. The maximum Gasteiger partial charge on any atom is 0.316 e. The van der Waals surface area contributed by atoms with Gasteiger partial charge in [0.25, 0.3) is 11.7 Å². The molecule has 1 aliphatic heterocycles. The SMILES string of the molecule is NS(=O)(=O)c1ccc(-c2ccc3nc(C(=O)c4nnc(N[C@H]5CCNC5=O)o4)sc3c2)cc1. The maximum absolute atomic E-state index is 12.8. The number of hydrogen-bond donors (Lipinski definition) is 3. The van der Waals surface area contributed by atoms with Crippen LogP contribution in [0.15, 0.2) is 51.8 Å². The van der Waals surface area contributed by atoms with Crippen LogP contribution in [0.5, 0.6) is 0 Å². The number of benzene rings is 2. The van der Waals surface area contributed by atoms with E-state index in [-0.39, 0.29) is 27.7 Å². The second kappa shape index (κ2) is 8.03. The average molecular weight is 485 g/mol. The Balaban J connectivity index is 1.37. The summed E-state index contributed by atoms with van der Waals surface area (Å²) in [4.78, 5) is 28.8. The zero-order valence-corrected chi connectivity index (χ0v) is 18.4. The smallest absolute Gasteiger partial charge is 0.316 e. The normalized spacial score (nSPS) is 16.2. The molecule has 168 valence electrons. The molecule has 2 aromatic carbocycles. The van der Waals surface area contributed by atoms with E-state index in [9.17, 15) is 18.0 Å². The Morgan fingerprint density at radius 2 is 1.91 bits per heavy atom. The van der Waals surface area contributed by atoms with Gasteiger partial charge >= 0.3 is 6.01 Å². The molecule has 1 atom stereocenters. The lowest BCUT2D eigenvalue weighted by molar-refractivity contribution is -0.119. The molecule has 11 nitrogen and oxygen atoms in total. The molecule has 2 aromatic heterocycles. The fourth-order valence-corrected chi connectivity index (χ4v) is 4.84. The van der Waals surface area contributed by atoms with Crippen molar-refractivity contribution in [1.29, 1.82) is 0 Å². The summed E-state index contributed by atoms with van der Waals surface area (Å²) in [5.74, 6) is -0.914. The molecule has 33 heavy (non-hydrogen) atoms. The lowest BCUT2D eigenvalue weighted by Gasteiger charge is -2.05. The number of anilines is 1. The Morgan fingerprint density at radius 3 is 2.61 bits per heavy atom. The Labute approximate surface area is 191 Å². The summed E-state index contributed by atoms with van der Waals surface area (Å²) >= 11 is 1.17. The number of fused-ring (bicyclic) bond motifs is 1. The molecular weight excluding hydrogens is 468 g/mol. The molecule has 13 heteroatoms. The largest absolute Gasteiger partial charge is 0.400 e. The van der Waals surface area contributed by atoms with E-state index < -0.39 is 21.8 Å². The number of primary sulfonamides is 1. The molecule has 5 rings (SSSR count). The molecule has 1 fully saturated rings. The van der Waals surface area contributed by atoms with Crippen molar-refractivity contribution in [1.82, 2.24) is 20.5 Å². The summed E-state index contributed by atoms with van der Waals surface area (Å²) < 4.78 is 29.0. The third kappa shape index (κ3) is 4.20. The predicted octanol–water partition coefficient (Wildman–Crippen LogP) is 1.53. The van der Waals surface area contributed by atoms with E-state index in [0.717, 1.165) is 15.8 Å². The van der Waals surface area contributed by atoms with Crippen molar-refractivity contribution < 1.29 is 22.4 Å². The van der Waals surface area contributed by atoms with Gasteiger partial charge in [-0.25, -0.2) is 18.5 Å². The van der Waals surface area contributed by atoms with Crippen LogP contribution in [0.2, 0.25) is 0 Å². The highest BCUT2D eigenvalue weighted by Gasteiger charge is 2.27. The minimum Gasteiger partial charge on any atom is -0.400 e. The van der Waals surface area contributed by atoms with Gasteiger partial charge in [-0.05, 0) is 41.8 Å². The van der Waals surface area contributed by atoms with Crippen LogP contribution >= 0.6 is 11.3 Å². The lowest BCUT2D eigenvalue weighted by atomic mass is 10.1. The average Bonchev–Trinajstić information content (AvgIpc) is 3.53. The molecule has 0 saturated carbocycles. The van der Waals surface area contributed by atoms with Crippen LogP contribution in [0.1, 0.15) is 22.1 Å². The van der Waals surface area contributed by atoms with Gasteiger partial charge in [-0.3, -0.25) is 9.59 Å². The van der Waals surface area contributed by atoms with Crippen LogP contribution in [0.25, 0.3) is 21.3 Å². The van der Waals surface area contributed by atoms with Crippen molar-refractivity contribution in [3.63, 3.8) is 0 Å². The quantitative estimate of drug-likeness (QED) is 0.343. The molecule has 0 radical (unpaired) electrons. The van der Waals surface area contributed by atoms with Gasteiger partial charge < -0.3 is 15.1 Å². The number of thiazole rings is 1. The van der Waals surface area contributed by atoms with Crippen LogP contribution in [0.4, 0.5) is 6.01 Å². The standard InChI is InChI=1S/C20H16N6O5S2/c21-33(29,30)12-4-1-10(2-5-12)11-3-6-13-15(9-11)32-19(23-13)16(27)18-25-26-20(31-18)24-14-7-8-22-17(14)28/h1-6,9,14H,7-8H2,(H,22,28)(H,24,26)(H2,21,29,30)/t14-/m0/s1. The fraction of sp³-hybridized carbons (Fsp3) is 0.150. The summed E-state index contributed by atoms with van der Waals surface area (Å²) in [6, 6.07) is 11.2. The molecule has 4 N–H and O–H groups in total. The first kappa shape index (κ1) is 21.2. The number of ketones is 1. The number of nitrogens with two attached hydrogens (primary N) is 1. The van der Waals surface area contributed by atoms with Crippen molar-refractivity contribution in [3.8, 4) is 11.1 Å². The van der Waals surface area contributed by atoms with Crippen molar-refractivity contribution in [2.24, 2.45) is 5.14 Å². The van der Waals surface area contributed by atoms with Crippen LogP contribution in [-0.4, -0.2) is 47.9 Å². The van der Waals surface area contributed by atoms with Crippen LogP contribution in [-0.2, 0) is 14.8 Å². The molecule has 1 aliphatic rings. The highest BCUT2D eigenvalue weighted by molar-refractivity contribution is 7.89. The topological polar surface area (TPSA) is 170 Å². The maximum atomic E-state index is 12.8. The second-order valence-corrected chi connectivity index (χ2v) is 9.88. The van der Waals surface area contributed by atoms with Gasteiger partial charge in [0.15, 0.2) is 5.01 Å². The Bertz CT molecular complexity index is 1490. The molecule has 0 spiro atoms. The molecule has 3 heterocycles. The van der Waals surface area contributed by atoms with Crippen molar-refractivity contribution in [2.45, 2.75) is 17.4 Å². The highest BCUT2D eigenvalue weighted by Crippen LogP contribution is 2.30. The van der Waals surface area contributed by atoms with Gasteiger partial charge in [0.05, 0.1) is 15.1 Å². The number of nitrogens with one attached hydrogen (secondary N) is 2. The summed E-state index contributed by atoms with van der Waals surface area (Å²) in [5.41, 5.74) is 2.23. The first-order chi connectivity index (χ1) is 15.8. The van der Waals surface area contributed by atoms with E-state index in [1.54, 1.807) is 18.2 Å². The molecule has 0 aliphatic carbocycles. The number of nitrogens with zero attached hydrogens (tertiary/aromatic N) is 3. The van der Waals surface area contributed by atoms with E-state index in [0.29, 0.717) is 18.5 Å². The Kier molecular flexibility index (Phi) is 5.15. The van der Waals surface area contributed by atoms with Gasteiger partial charge in [-0.1, -0.05) is 23.3 Å². The Morgan fingerprint density at radius 1 is 1.15 bits per heavy atom. The number of carbonyl (C=O) groups is 2. The number of amides is 1. The van der Waals surface area contributed by atoms with E-state index in [1.807, 2.05) is 12.1 Å². The van der Waals surface area contributed by atoms with Gasteiger partial charge in [-0.2, -0.15) is 0 Å². The zero-order chi connectivity index (χ0) is 23.2. The minimum absolute atomic E-state index is 0.00765. The second-order valence-electron chi connectivity index (χ2n) is 7.29. The van der Waals surface area contributed by atoms with Gasteiger partial charge in [0.2, 0.25) is 15.9 Å². The predicted molar refractivity (Wildman–Crippen MR) is 119 cm³/mol. The number of aromatic nitrogens is 3. The minimum atomic E-state index is -3.77. The first-order valence-electron chi connectivity index (χ1n) is 9.74. The number of carbonyl (C=O) groups excluding carboxylic acids is 2.